The van der Waals surface area contributed by atoms with Gasteiger partial charge in [-0.1, -0.05) is 45.3 Å². The van der Waals surface area contributed by atoms with Crippen LogP contribution >= 0.6 is 34.0 Å². The van der Waals surface area contributed by atoms with E-state index in [-0.39, 0.29) is 37.4 Å². The van der Waals surface area contributed by atoms with Gasteiger partial charge in [-0.15, -0.1) is 34.0 Å². The van der Waals surface area contributed by atoms with Gasteiger partial charge >= 0.3 is 0 Å². The topological polar surface area (TPSA) is 95.9 Å². The fraction of sp³-hybridized carbons (Fsp3) is 0.423. The Morgan fingerprint density at radius 3 is 1.84 bits per heavy atom. The van der Waals surface area contributed by atoms with Crippen LogP contribution in [0.5, 0.6) is 0 Å². The number of carbonyl (C=O) groups is 3. The van der Waals surface area contributed by atoms with Crippen molar-refractivity contribution in [3.05, 3.63) is 67.2 Å². The van der Waals surface area contributed by atoms with E-state index < -0.39 is 22.7 Å². The lowest BCUT2D eigenvalue weighted by Gasteiger charge is -2.54. The molecule has 2 N–H and O–H groups in total. The van der Waals surface area contributed by atoms with Gasteiger partial charge in [0.2, 0.25) is 5.91 Å². The van der Waals surface area contributed by atoms with Gasteiger partial charge in [0.1, 0.15) is 6.10 Å². The van der Waals surface area contributed by atoms with Gasteiger partial charge in [0.15, 0.2) is 28.9 Å². The van der Waals surface area contributed by atoms with E-state index in [4.69, 9.17) is 9.53 Å². The number of carbonyl (C=O) groups excluding carboxylic acids is 3. The van der Waals surface area contributed by atoms with Gasteiger partial charge in [0.05, 0.1) is 17.0 Å². The molecule has 0 bridgehead atoms. The summed E-state index contributed by atoms with van der Waals surface area (Å²) < 4.78 is 8.23. The Labute approximate surface area is 239 Å². The molecule has 0 aliphatic carbocycles. The molecule has 2 saturated heterocycles. The number of rotatable bonds is 6. The molecule has 3 aromatic heterocycles. The number of hydrogen-bond acceptors (Lipinski definition) is 8. The van der Waals surface area contributed by atoms with Gasteiger partial charge < -0.3 is 19.4 Å². The lowest BCUT2D eigenvalue weighted by Crippen LogP contribution is -2.69. The summed E-state index contributed by atoms with van der Waals surface area (Å²) in [6.07, 6.45) is -0.240. The lowest BCUT2D eigenvalue weighted by molar-refractivity contribution is -0.155. The molecule has 2 fully saturated rings. The van der Waals surface area contributed by atoms with Crippen LogP contribution in [0.3, 0.4) is 0 Å². The Bertz CT molecular complexity index is 1160. The Morgan fingerprint density at radius 1 is 0.921 bits per heavy atom. The maximum absolute atomic E-state index is 12.5. The molecular formula is C26H38N2O5S3Si2. The molecule has 7 nitrogen and oxygen atoms in total. The van der Waals surface area contributed by atoms with Crippen LogP contribution in [0, 0.1) is 0 Å². The molecule has 38 heavy (non-hydrogen) atoms. The number of amides is 2. The van der Waals surface area contributed by atoms with Crippen LogP contribution in [-0.2, 0) is 14.0 Å². The summed E-state index contributed by atoms with van der Waals surface area (Å²) in [5.41, 5.74) is 0. The third-order valence-electron chi connectivity index (χ3n) is 5.47. The van der Waals surface area contributed by atoms with E-state index in [1.54, 1.807) is 17.4 Å². The first-order valence-electron chi connectivity index (χ1n) is 11.9. The Morgan fingerprint density at radius 2 is 1.47 bits per heavy atom. The number of aliphatic hydroxyl groups is 1. The van der Waals surface area contributed by atoms with E-state index in [9.17, 15) is 14.4 Å². The molecule has 0 aromatic carbocycles. The van der Waals surface area contributed by atoms with Crippen molar-refractivity contribution in [2.45, 2.75) is 71.0 Å². The molecule has 2 amide bonds. The third-order valence-corrected chi connectivity index (χ3v) is 11.1. The Hall–Kier alpha value is -1.94. The summed E-state index contributed by atoms with van der Waals surface area (Å²) in [6, 6.07) is 11.6. The van der Waals surface area contributed by atoms with Crippen LogP contribution < -0.4 is 5.32 Å². The highest BCUT2D eigenvalue weighted by molar-refractivity contribution is 7.11. The lowest BCUT2D eigenvalue weighted by atomic mass is 10.0. The molecule has 5 rings (SSSR count). The zero-order chi connectivity index (χ0) is 27.4. The van der Waals surface area contributed by atoms with Crippen LogP contribution in [-0.4, -0.2) is 56.5 Å². The van der Waals surface area contributed by atoms with Gasteiger partial charge in [-0.05, 0) is 54.0 Å². The van der Waals surface area contributed by atoms with Crippen molar-refractivity contribution in [2.75, 3.05) is 0 Å². The summed E-state index contributed by atoms with van der Waals surface area (Å²) in [5.74, 6) is -0.0802. The first-order valence-corrected chi connectivity index (χ1v) is 21.4. The molecule has 0 spiro atoms. The molecular weight excluding hydrogens is 573 g/mol. The Kier molecular flexibility index (Phi) is 11.4. The average molecular weight is 611 g/mol. The summed E-state index contributed by atoms with van der Waals surface area (Å²) >= 11 is 4.72. The van der Waals surface area contributed by atoms with Crippen molar-refractivity contribution >= 4 is 68.7 Å². The summed E-state index contributed by atoms with van der Waals surface area (Å²) in [6.45, 7) is 13.1. The summed E-state index contributed by atoms with van der Waals surface area (Å²) in [4.78, 5) is 36.0. The zero-order valence-corrected chi connectivity index (χ0v) is 26.3. The quantitative estimate of drug-likeness (QED) is 0.198. The van der Waals surface area contributed by atoms with Crippen LogP contribution in [0.2, 0.25) is 39.3 Å². The van der Waals surface area contributed by atoms with Crippen molar-refractivity contribution in [1.29, 1.82) is 0 Å². The molecule has 208 valence electrons. The number of β-lactam (4-membered cyclic amide) rings is 2. The summed E-state index contributed by atoms with van der Waals surface area (Å²) in [5, 5.41) is 17.6. The molecule has 12 heteroatoms. The van der Waals surface area contributed by atoms with E-state index in [2.05, 4.69) is 66.7 Å². The highest BCUT2D eigenvalue weighted by Crippen LogP contribution is 2.43. The van der Waals surface area contributed by atoms with Gasteiger partial charge in [-0.3, -0.25) is 14.4 Å². The number of nitrogens with zero attached hydrogens (tertiary/aromatic N) is 1. The predicted octanol–water partition coefficient (Wildman–Crippen LogP) is 6.16. The molecule has 0 unspecified atom stereocenters. The largest absolute Gasteiger partial charge is 0.404 e. The maximum atomic E-state index is 12.5. The van der Waals surface area contributed by atoms with Crippen molar-refractivity contribution < 1.29 is 23.9 Å². The molecule has 2 aliphatic heterocycles. The average Bonchev–Trinajstić information content (AvgIpc) is 3.61. The highest BCUT2D eigenvalue weighted by Gasteiger charge is 2.54. The number of thiophene rings is 3. The van der Waals surface area contributed by atoms with E-state index >= 15 is 0 Å². The highest BCUT2D eigenvalue weighted by atomic mass is 32.1. The normalized spacial score (nSPS) is 22.3. The fourth-order valence-corrected chi connectivity index (χ4v) is 9.02. The first-order chi connectivity index (χ1) is 17.3. The molecule has 3 aromatic rings. The second-order valence-electron chi connectivity index (χ2n) is 10.6. The van der Waals surface area contributed by atoms with Gasteiger partial charge in [-0.25, -0.2) is 0 Å². The van der Waals surface area contributed by atoms with Crippen LogP contribution in [0.4, 0.5) is 0 Å². The van der Waals surface area contributed by atoms with Crippen molar-refractivity contribution in [2.24, 2.45) is 0 Å². The van der Waals surface area contributed by atoms with Crippen LogP contribution in [0.25, 0.3) is 0 Å². The minimum atomic E-state index is -1.70. The van der Waals surface area contributed by atoms with Crippen LogP contribution in [0.1, 0.15) is 38.9 Å². The fourth-order valence-electron chi connectivity index (χ4n) is 3.87. The smallest absolute Gasteiger partial charge is 0.252 e. The zero-order valence-electron chi connectivity index (χ0n) is 21.8. The van der Waals surface area contributed by atoms with Gasteiger partial charge in [-0.2, -0.15) is 0 Å². The summed E-state index contributed by atoms with van der Waals surface area (Å²) in [7, 11) is -3.35. The maximum Gasteiger partial charge on any atom is 0.252 e. The van der Waals surface area contributed by atoms with Crippen LogP contribution in [0.15, 0.2) is 52.5 Å². The predicted molar refractivity (Wildman–Crippen MR) is 163 cm³/mol. The number of hydrogen-bond donors (Lipinski definition) is 2. The minimum absolute atomic E-state index is 0. The molecule has 0 saturated carbocycles. The molecule has 2 aliphatic rings. The molecule has 5 heterocycles. The first kappa shape index (κ1) is 32.3. The van der Waals surface area contributed by atoms with Crippen molar-refractivity contribution in [3.8, 4) is 0 Å². The number of aliphatic hydroxyl groups excluding tert-OH is 1. The second-order valence-corrected chi connectivity index (χ2v) is 22.8. The van der Waals surface area contributed by atoms with Gasteiger partial charge in [0, 0.05) is 9.75 Å². The standard InChI is InChI=1S/C13H23NO2SSi2.C7H7NO2S.C5H4OS.CH4/c1-18(2,3)14-11(10-8-7-9-17-10)12(13(14)15)16-19(4,5)6;9-6-5(8-7(6)10)4-2-1-3-11-4;6-4-5-2-1-3-7-5;/h7-9,11-12H,1-6H3;1-3,5-6,9H,(H,8,10);1-4H;1H4/t11-,12+;5-,6+;;/m00../s1. The van der Waals surface area contributed by atoms with Crippen molar-refractivity contribution in [1.82, 2.24) is 9.88 Å². The minimum Gasteiger partial charge on any atom is -0.404 e. The van der Waals surface area contributed by atoms with E-state index in [1.165, 1.54) is 27.6 Å². The van der Waals surface area contributed by atoms with Crippen molar-refractivity contribution in [3.63, 3.8) is 0 Å². The molecule has 0 radical (unpaired) electrons. The third kappa shape index (κ3) is 8.04. The van der Waals surface area contributed by atoms with E-state index in [0.29, 0.717) is 0 Å². The second kappa shape index (κ2) is 13.4. The monoisotopic (exact) mass is 610 g/mol. The van der Waals surface area contributed by atoms with Gasteiger partial charge in [0.25, 0.3) is 5.91 Å². The number of aldehydes is 1. The SMILES string of the molecule is C.C[Si](C)(C)O[C@H]1C(=O)N([Si](C)(C)C)[C@H]1c1cccs1.O=C1N[C@@H](c2cccs2)[C@H]1O.O=Cc1cccs1. The van der Waals surface area contributed by atoms with E-state index in [0.717, 1.165) is 16.0 Å². The Balaban J connectivity index is 0.000000224. The number of nitrogens with one attached hydrogen (secondary N) is 1. The van der Waals surface area contributed by atoms with E-state index in [1.807, 2.05) is 29.0 Å². The molecule has 4 atom stereocenters.